The summed E-state index contributed by atoms with van der Waals surface area (Å²) in [5, 5.41) is 7.62. The van der Waals surface area contributed by atoms with Crippen LogP contribution in [0, 0.1) is 0 Å². The highest BCUT2D eigenvalue weighted by Crippen LogP contribution is 2.28. The van der Waals surface area contributed by atoms with Crippen LogP contribution in [0.4, 0.5) is 16.2 Å². The zero-order chi connectivity index (χ0) is 19.3. The van der Waals surface area contributed by atoms with E-state index in [0.29, 0.717) is 18.7 Å². The lowest BCUT2D eigenvalue weighted by Crippen LogP contribution is -2.30. The molecular weight excluding hydrogens is 370 g/mol. The number of para-hydroxylation sites is 1. The molecule has 142 valence electrons. The summed E-state index contributed by atoms with van der Waals surface area (Å²) >= 11 is 1.61. The Morgan fingerprint density at radius 2 is 1.82 bits per heavy atom. The van der Waals surface area contributed by atoms with Crippen molar-refractivity contribution in [3.8, 4) is 0 Å². The predicted molar refractivity (Wildman–Crippen MR) is 113 cm³/mol. The maximum Gasteiger partial charge on any atom is 0.319 e. The molecule has 2 N–H and O–H groups in total. The molecule has 1 aromatic heterocycles. The Kier molecular flexibility index (Phi) is 5.39. The van der Waals surface area contributed by atoms with Gasteiger partial charge in [0.15, 0.2) is 0 Å². The highest BCUT2D eigenvalue weighted by molar-refractivity contribution is 7.09. The third-order valence-electron chi connectivity index (χ3n) is 4.76. The molecule has 2 aromatic carbocycles. The second kappa shape index (κ2) is 8.27. The van der Waals surface area contributed by atoms with Gasteiger partial charge in [0.2, 0.25) is 5.91 Å². The smallest absolute Gasteiger partial charge is 0.319 e. The van der Waals surface area contributed by atoms with Crippen molar-refractivity contribution >= 4 is 34.6 Å². The Hall–Kier alpha value is -3.12. The van der Waals surface area contributed by atoms with Crippen molar-refractivity contribution in [2.75, 3.05) is 16.8 Å². The molecule has 0 bridgehead atoms. The molecular formula is C22H21N3O2S. The van der Waals surface area contributed by atoms with Crippen LogP contribution in [0.15, 0.2) is 66.0 Å². The number of hydrogen-bond acceptors (Lipinski definition) is 3. The SMILES string of the molecule is O=C(NCc1cccs1)Nc1ccc(CC(=O)N2CCc3ccccc32)cc1. The Bertz CT molecular complexity index is 968. The van der Waals surface area contributed by atoms with Gasteiger partial charge < -0.3 is 15.5 Å². The monoisotopic (exact) mass is 391 g/mol. The van der Waals surface area contributed by atoms with Crippen LogP contribution >= 0.6 is 11.3 Å². The molecule has 0 spiro atoms. The minimum atomic E-state index is -0.245. The predicted octanol–water partition coefficient (Wildman–Crippen LogP) is 4.20. The summed E-state index contributed by atoms with van der Waals surface area (Å²) in [5.74, 6) is 0.0966. The average molecular weight is 391 g/mol. The lowest BCUT2D eigenvalue weighted by atomic mass is 10.1. The van der Waals surface area contributed by atoms with Gasteiger partial charge in [0.05, 0.1) is 13.0 Å². The minimum absolute atomic E-state index is 0.0966. The van der Waals surface area contributed by atoms with Crippen LogP contribution in [-0.4, -0.2) is 18.5 Å². The molecule has 5 nitrogen and oxygen atoms in total. The van der Waals surface area contributed by atoms with Gasteiger partial charge in [-0.2, -0.15) is 0 Å². The topological polar surface area (TPSA) is 61.4 Å². The fourth-order valence-corrected chi connectivity index (χ4v) is 3.97. The van der Waals surface area contributed by atoms with Gasteiger partial charge >= 0.3 is 6.03 Å². The first-order chi connectivity index (χ1) is 13.7. The number of carbonyl (C=O) groups excluding carboxylic acids is 2. The number of benzene rings is 2. The van der Waals surface area contributed by atoms with E-state index in [0.717, 1.165) is 29.1 Å². The molecule has 6 heteroatoms. The van der Waals surface area contributed by atoms with Crippen LogP contribution in [0.5, 0.6) is 0 Å². The van der Waals surface area contributed by atoms with Gasteiger partial charge in [-0.15, -0.1) is 11.3 Å². The number of amides is 3. The van der Waals surface area contributed by atoms with Crippen molar-refractivity contribution in [3.63, 3.8) is 0 Å². The van der Waals surface area contributed by atoms with E-state index < -0.39 is 0 Å². The van der Waals surface area contributed by atoms with E-state index in [1.54, 1.807) is 11.3 Å². The highest BCUT2D eigenvalue weighted by atomic mass is 32.1. The van der Waals surface area contributed by atoms with Crippen molar-refractivity contribution < 1.29 is 9.59 Å². The first-order valence-corrected chi connectivity index (χ1v) is 10.1. The van der Waals surface area contributed by atoms with Crippen LogP contribution in [0.3, 0.4) is 0 Å². The molecule has 0 radical (unpaired) electrons. The van der Waals surface area contributed by atoms with Crippen LogP contribution in [0.2, 0.25) is 0 Å². The molecule has 0 saturated carbocycles. The molecule has 28 heavy (non-hydrogen) atoms. The molecule has 0 atom stereocenters. The van der Waals surface area contributed by atoms with E-state index in [-0.39, 0.29) is 11.9 Å². The number of hydrogen-bond donors (Lipinski definition) is 2. The van der Waals surface area contributed by atoms with E-state index in [1.807, 2.05) is 64.9 Å². The maximum absolute atomic E-state index is 12.7. The van der Waals surface area contributed by atoms with E-state index in [2.05, 4.69) is 16.7 Å². The summed E-state index contributed by atoms with van der Waals surface area (Å²) in [6, 6.07) is 19.2. The van der Waals surface area contributed by atoms with Crippen LogP contribution < -0.4 is 15.5 Å². The van der Waals surface area contributed by atoms with Crippen LogP contribution in [0.25, 0.3) is 0 Å². The van der Waals surface area contributed by atoms with Crippen molar-refractivity contribution in [1.29, 1.82) is 0 Å². The molecule has 0 aliphatic carbocycles. The number of nitrogens with one attached hydrogen (secondary N) is 2. The molecule has 0 saturated heterocycles. The molecule has 2 heterocycles. The maximum atomic E-state index is 12.7. The van der Waals surface area contributed by atoms with Crippen molar-refractivity contribution in [1.82, 2.24) is 5.32 Å². The van der Waals surface area contributed by atoms with Gasteiger partial charge in [-0.05, 0) is 47.2 Å². The number of nitrogens with zero attached hydrogens (tertiary/aromatic N) is 1. The van der Waals surface area contributed by atoms with E-state index in [4.69, 9.17) is 0 Å². The second-order valence-corrected chi connectivity index (χ2v) is 7.72. The summed E-state index contributed by atoms with van der Waals surface area (Å²) < 4.78 is 0. The van der Waals surface area contributed by atoms with Crippen molar-refractivity contribution in [2.45, 2.75) is 19.4 Å². The fourth-order valence-electron chi connectivity index (χ4n) is 3.33. The zero-order valence-electron chi connectivity index (χ0n) is 15.4. The van der Waals surface area contributed by atoms with Gasteiger partial charge in [-0.25, -0.2) is 4.79 Å². The van der Waals surface area contributed by atoms with E-state index >= 15 is 0 Å². The highest BCUT2D eigenvalue weighted by Gasteiger charge is 2.23. The van der Waals surface area contributed by atoms with Gasteiger partial charge in [0, 0.05) is 22.8 Å². The Labute approximate surface area is 168 Å². The molecule has 1 aliphatic heterocycles. The molecule has 3 amide bonds. The van der Waals surface area contributed by atoms with Crippen LogP contribution in [0.1, 0.15) is 16.0 Å². The van der Waals surface area contributed by atoms with Gasteiger partial charge in [0.25, 0.3) is 0 Å². The van der Waals surface area contributed by atoms with Gasteiger partial charge in [-0.1, -0.05) is 36.4 Å². The number of rotatable bonds is 5. The molecule has 3 aromatic rings. The average Bonchev–Trinajstić information content (AvgIpc) is 3.37. The third kappa shape index (κ3) is 4.23. The Morgan fingerprint density at radius 1 is 1.00 bits per heavy atom. The molecule has 0 fully saturated rings. The number of urea groups is 1. The summed E-state index contributed by atoms with van der Waals surface area (Å²) in [5.41, 5.74) is 3.88. The first kappa shape index (κ1) is 18.3. The summed E-state index contributed by atoms with van der Waals surface area (Å²) in [4.78, 5) is 27.6. The van der Waals surface area contributed by atoms with Crippen molar-refractivity contribution in [2.24, 2.45) is 0 Å². The first-order valence-electron chi connectivity index (χ1n) is 9.23. The van der Waals surface area contributed by atoms with Crippen LogP contribution in [-0.2, 0) is 24.2 Å². The Morgan fingerprint density at radius 3 is 2.61 bits per heavy atom. The standard InChI is InChI=1S/C22H21N3O2S/c26-21(25-12-11-17-4-1-2-6-20(17)25)14-16-7-9-18(10-8-16)24-22(27)23-15-19-5-3-13-28-19/h1-10,13H,11-12,14-15H2,(H2,23,24,27). The largest absolute Gasteiger partial charge is 0.333 e. The van der Waals surface area contributed by atoms with Crippen molar-refractivity contribution in [3.05, 3.63) is 82.0 Å². The molecule has 0 unspecified atom stereocenters. The van der Waals surface area contributed by atoms with E-state index in [1.165, 1.54) is 5.56 Å². The number of fused-ring (bicyclic) bond motifs is 1. The van der Waals surface area contributed by atoms with E-state index in [9.17, 15) is 9.59 Å². The Balaban J connectivity index is 1.31. The summed E-state index contributed by atoms with van der Waals surface area (Å²) in [6.45, 7) is 1.25. The van der Waals surface area contributed by atoms with Gasteiger partial charge in [-0.3, -0.25) is 4.79 Å². The lowest BCUT2D eigenvalue weighted by Gasteiger charge is -2.17. The fraction of sp³-hybridized carbons (Fsp3) is 0.182. The normalized spacial score (nSPS) is 12.5. The minimum Gasteiger partial charge on any atom is -0.333 e. The van der Waals surface area contributed by atoms with Gasteiger partial charge in [0.1, 0.15) is 0 Å². The lowest BCUT2D eigenvalue weighted by molar-refractivity contribution is -0.117. The third-order valence-corrected chi connectivity index (χ3v) is 5.64. The summed E-state index contributed by atoms with van der Waals surface area (Å²) in [7, 11) is 0. The number of thiophene rings is 1. The quantitative estimate of drug-likeness (QED) is 0.685. The molecule has 1 aliphatic rings. The molecule has 4 rings (SSSR count). The number of carbonyl (C=O) groups is 2. The summed E-state index contributed by atoms with van der Waals surface area (Å²) in [6.07, 6.45) is 1.25. The number of anilines is 2. The second-order valence-electron chi connectivity index (χ2n) is 6.68. The zero-order valence-corrected chi connectivity index (χ0v) is 16.2.